The van der Waals surface area contributed by atoms with E-state index in [1.54, 1.807) is 25.1 Å². The molecule has 4 N–H and O–H groups in total. The van der Waals surface area contributed by atoms with E-state index in [1.807, 2.05) is 0 Å². The van der Waals surface area contributed by atoms with Crippen LogP contribution in [0.4, 0.5) is 5.82 Å². The Hall–Kier alpha value is -1.62. The zero-order valence-electron chi connectivity index (χ0n) is 7.90. The number of carbonyl (C=O) groups is 1. The molecule has 0 aliphatic heterocycles. The van der Waals surface area contributed by atoms with Crippen molar-refractivity contribution in [2.45, 2.75) is 13.0 Å². The van der Waals surface area contributed by atoms with Crippen molar-refractivity contribution in [1.29, 1.82) is 0 Å². The van der Waals surface area contributed by atoms with Crippen LogP contribution in [-0.4, -0.2) is 28.6 Å². The van der Waals surface area contributed by atoms with Crippen molar-refractivity contribution in [2.24, 2.45) is 0 Å². The summed E-state index contributed by atoms with van der Waals surface area (Å²) in [5.74, 6) is -0.0344. The summed E-state index contributed by atoms with van der Waals surface area (Å²) in [5.41, 5.74) is 5.67. The number of carbonyl (C=O) groups excluding carboxylic acids is 1. The number of amides is 1. The molecule has 0 spiro atoms. The number of pyridine rings is 1. The quantitative estimate of drug-likeness (QED) is 0.622. The highest BCUT2D eigenvalue weighted by Crippen LogP contribution is 1.99. The number of anilines is 1. The number of nitrogens with two attached hydrogens (primary N) is 1. The van der Waals surface area contributed by atoms with E-state index in [9.17, 15) is 4.79 Å². The van der Waals surface area contributed by atoms with Gasteiger partial charge in [0.1, 0.15) is 11.5 Å². The van der Waals surface area contributed by atoms with E-state index < -0.39 is 6.10 Å². The van der Waals surface area contributed by atoms with E-state index in [4.69, 9.17) is 10.8 Å². The monoisotopic (exact) mass is 195 g/mol. The van der Waals surface area contributed by atoms with E-state index >= 15 is 0 Å². The van der Waals surface area contributed by atoms with Gasteiger partial charge >= 0.3 is 0 Å². The minimum Gasteiger partial charge on any atom is -0.392 e. The van der Waals surface area contributed by atoms with Crippen LogP contribution in [0.3, 0.4) is 0 Å². The van der Waals surface area contributed by atoms with Gasteiger partial charge in [-0.1, -0.05) is 6.07 Å². The molecule has 0 saturated heterocycles. The lowest BCUT2D eigenvalue weighted by molar-refractivity contribution is 0.0919. The molecule has 1 aromatic rings. The molecule has 76 valence electrons. The highest BCUT2D eigenvalue weighted by molar-refractivity contribution is 5.92. The molecule has 1 atom stereocenters. The molecule has 0 saturated carbocycles. The van der Waals surface area contributed by atoms with Crippen LogP contribution in [0.15, 0.2) is 18.2 Å². The summed E-state index contributed by atoms with van der Waals surface area (Å²) in [6.07, 6.45) is -0.569. The molecule has 0 radical (unpaired) electrons. The molecule has 0 aromatic carbocycles. The van der Waals surface area contributed by atoms with Crippen LogP contribution in [0, 0.1) is 0 Å². The molecule has 5 heteroatoms. The van der Waals surface area contributed by atoms with E-state index in [1.165, 1.54) is 0 Å². The number of hydrogen-bond donors (Lipinski definition) is 3. The number of rotatable bonds is 3. The van der Waals surface area contributed by atoms with Gasteiger partial charge in [-0.25, -0.2) is 4.98 Å². The first kappa shape index (κ1) is 10.5. The number of aromatic nitrogens is 1. The van der Waals surface area contributed by atoms with E-state index in [-0.39, 0.29) is 18.1 Å². The molecule has 0 fully saturated rings. The van der Waals surface area contributed by atoms with Gasteiger partial charge in [0.25, 0.3) is 5.91 Å². The fraction of sp³-hybridized carbons (Fsp3) is 0.333. The number of nitrogens with one attached hydrogen (secondary N) is 1. The van der Waals surface area contributed by atoms with Crippen molar-refractivity contribution >= 4 is 11.7 Å². The Morgan fingerprint density at radius 1 is 1.71 bits per heavy atom. The maximum atomic E-state index is 11.4. The summed E-state index contributed by atoms with van der Waals surface area (Å²) in [6, 6.07) is 4.82. The number of aliphatic hydroxyl groups is 1. The molecular weight excluding hydrogens is 182 g/mol. The largest absolute Gasteiger partial charge is 0.392 e. The van der Waals surface area contributed by atoms with Gasteiger partial charge in [0, 0.05) is 6.54 Å². The molecule has 5 nitrogen and oxygen atoms in total. The van der Waals surface area contributed by atoms with Gasteiger partial charge in [0.2, 0.25) is 0 Å². The van der Waals surface area contributed by atoms with Gasteiger partial charge in [-0.15, -0.1) is 0 Å². The molecule has 0 aliphatic carbocycles. The molecule has 0 aliphatic rings. The minimum atomic E-state index is -0.569. The Kier molecular flexibility index (Phi) is 3.41. The minimum absolute atomic E-state index is 0.204. The zero-order chi connectivity index (χ0) is 10.6. The van der Waals surface area contributed by atoms with Crippen molar-refractivity contribution < 1.29 is 9.90 Å². The highest BCUT2D eigenvalue weighted by atomic mass is 16.3. The molecule has 1 heterocycles. The maximum absolute atomic E-state index is 11.4. The standard InChI is InChI=1S/C9H13N3O2/c1-6(13)5-11-9(14)7-3-2-4-8(10)12-7/h2-4,6,13H,5H2,1H3,(H2,10,12)(H,11,14)/t6-/m1/s1. The lowest BCUT2D eigenvalue weighted by Crippen LogP contribution is -2.31. The highest BCUT2D eigenvalue weighted by Gasteiger charge is 2.07. The Balaban J connectivity index is 2.61. The smallest absolute Gasteiger partial charge is 0.270 e. The van der Waals surface area contributed by atoms with Gasteiger partial charge in [0.15, 0.2) is 0 Å². The third-order valence-electron chi connectivity index (χ3n) is 1.56. The average molecular weight is 195 g/mol. The molecule has 1 aromatic heterocycles. The number of nitrogens with zero attached hydrogens (tertiary/aromatic N) is 1. The van der Waals surface area contributed by atoms with Gasteiger partial charge in [-0.05, 0) is 19.1 Å². The first-order valence-electron chi connectivity index (χ1n) is 4.28. The van der Waals surface area contributed by atoms with Crippen molar-refractivity contribution in [3.8, 4) is 0 Å². The van der Waals surface area contributed by atoms with Crippen LogP contribution >= 0.6 is 0 Å². The SMILES string of the molecule is C[C@@H](O)CNC(=O)c1cccc(N)n1. The Labute approximate surface area is 82.0 Å². The van der Waals surface area contributed by atoms with Crippen LogP contribution in [0.2, 0.25) is 0 Å². The van der Waals surface area contributed by atoms with Crippen LogP contribution in [0.25, 0.3) is 0 Å². The normalized spacial score (nSPS) is 12.1. The van der Waals surface area contributed by atoms with Crippen LogP contribution < -0.4 is 11.1 Å². The molecule has 0 bridgehead atoms. The summed E-state index contributed by atoms with van der Waals surface area (Å²) in [5, 5.41) is 11.5. The third-order valence-corrected chi connectivity index (χ3v) is 1.56. The van der Waals surface area contributed by atoms with Crippen molar-refractivity contribution in [1.82, 2.24) is 10.3 Å². The van der Waals surface area contributed by atoms with E-state index in [0.717, 1.165) is 0 Å². The van der Waals surface area contributed by atoms with E-state index in [0.29, 0.717) is 5.82 Å². The van der Waals surface area contributed by atoms with Gasteiger partial charge in [-0.3, -0.25) is 4.79 Å². The van der Waals surface area contributed by atoms with Crippen molar-refractivity contribution in [2.75, 3.05) is 12.3 Å². The lowest BCUT2D eigenvalue weighted by atomic mass is 10.3. The summed E-state index contributed by atoms with van der Waals surface area (Å²) < 4.78 is 0. The summed E-state index contributed by atoms with van der Waals surface area (Å²) in [6.45, 7) is 1.79. The molecule has 0 unspecified atom stereocenters. The Morgan fingerprint density at radius 2 is 2.43 bits per heavy atom. The van der Waals surface area contributed by atoms with Gasteiger partial charge < -0.3 is 16.2 Å². The molecule has 14 heavy (non-hydrogen) atoms. The Morgan fingerprint density at radius 3 is 3.00 bits per heavy atom. The fourth-order valence-corrected chi connectivity index (χ4v) is 0.909. The molecular formula is C9H13N3O2. The van der Waals surface area contributed by atoms with Gasteiger partial charge in [-0.2, -0.15) is 0 Å². The zero-order valence-corrected chi connectivity index (χ0v) is 7.90. The predicted octanol–water partition coefficient (Wildman–Crippen LogP) is -0.226. The van der Waals surface area contributed by atoms with Crippen LogP contribution in [-0.2, 0) is 0 Å². The molecule has 1 amide bonds. The first-order valence-corrected chi connectivity index (χ1v) is 4.28. The second-order valence-electron chi connectivity index (χ2n) is 3.01. The van der Waals surface area contributed by atoms with Crippen LogP contribution in [0.1, 0.15) is 17.4 Å². The first-order chi connectivity index (χ1) is 6.59. The number of hydrogen-bond acceptors (Lipinski definition) is 4. The summed E-state index contributed by atoms with van der Waals surface area (Å²) in [7, 11) is 0. The second-order valence-corrected chi connectivity index (χ2v) is 3.01. The lowest BCUT2D eigenvalue weighted by Gasteiger charge is -2.06. The summed E-state index contributed by atoms with van der Waals surface area (Å²) >= 11 is 0. The van der Waals surface area contributed by atoms with E-state index in [2.05, 4.69) is 10.3 Å². The van der Waals surface area contributed by atoms with Crippen LogP contribution in [0.5, 0.6) is 0 Å². The maximum Gasteiger partial charge on any atom is 0.270 e. The summed E-state index contributed by atoms with van der Waals surface area (Å²) in [4.78, 5) is 15.2. The third kappa shape index (κ3) is 3.02. The second kappa shape index (κ2) is 4.57. The number of aliphatic hydroxyl groups excluding tert-OH is 1. The van der Waals surface area contributed by atoms with Gasteiger partial charge in [0.05, 0.1) is 6.10 Å². The van der Waals surface area contributed by atoms with Crippen molar-refractivity contribution in [3.05, 3.63) is 23.9 Å². The van der Waals surface area contributed by atoms with Crippen molar-refractivity contribution in [3.63, 3.8) is 0 Å². The molecule has 1 rings (SSSR count). The predicted molar refractivity (Wildman–Crippen MR) is 52.7 cm³/mol. The topological polar surface area (TPSA) is 88.2 Å². The number of nitrogen functional groups attached to an aromatic ring is 1. The average Bonchev–Trinajstić information content (AvgIpc) is 2.14. The Bertz CT molecular complexity index is 326. The fourth-order valence-electron chi connectivity index (χ4n) is 0.909.